The van der Waals surface area contributed by atoms with Crippen molar-refractivity contribution in [3.8, 4) is 0 Å². The number of carbonyl (C=O) groups is 2. The summed E-state index contributed by atoms with van der Waals surface area (Å²) in [6, 6.07) is 0. The third kappa shape index (κ3) is 2.96. The molecule has 194 valence electrons. The molecule has 0 aromatic carbocycles. The van der Waals surface area contributed by atoms with E-state index in [1.807, 2.05) is 13.0 Å². The van der Waals surface area contributed by atoms with Gasteiger partial charge in [-0.05, 0) is 104 Å². The molecule has 0 amide bonds. The van der Waals surface area contributed by atoms with Gasteiger partial charge in [-0.2, -0.15) is 0 Å². The van der Waals surface area contributed by atoms with Crippen molar-refractivity contribution in [2.24, 2.45) is 55.4 Å². The lowest BCUT2D eigenvalue weighted by Gasteiger charge is -2.70. The van der Waals surface area contributed by atoms with Gasteiger partial charge < -0.3 is 10.3 Å². The number of allylic oxidation sites excluding steroid dienone is 2. The number of rotatable bonds is 1. The Balaban J connectivity index is 1.62. The van der Waals surface area contributed by atoms with E-state index in [1.54, 1.807) is 0 Å². The summed E-state index contributed by atoms with van der Waals surface area (Å²) in [7, 11) is 0. The number of fused-ring (bicyclic) bond motifs is 7. The van der Waals surface area contributed by atoms with Crippen LogP contribution in [-0.4, -0.2) is 27.8 Å². The lowest BCUT2D eigenvalue weighted by molar-refractivity contribution is -0.176. The molecule has 0 aromatic heterocycles. The Morgan fingerprint density at radius 1 is 0.971 bits per heavy atom. The van der Waals surface area contributed by atoms with Crippen LogP contribution in [0, 0.1) is 50.2 Å². The number of carboxylic acids is 1. The van der Waals surface area contributed by atoms with Gasteiger partial charge in [0, 0.05) is 11.3 Å². The number of hydrogen-bond donors (Lipinski definition) is 2. The number of carboxylic acid groups (broad SMARTS) is 1. The van der Waals surface area contributed by atoms with Crippen LogP contribution < -0.4 is 0 Å². The topological polar surface area (TPSA) is 87.0 Å². The summed E-state index contributed by atoms with van der Waals surface area (Å²) in [5.74, 6) is -0.0363. The van der Waals surface area contributed by atoms with Crippen LogP contribution >= 0.6 is 0 Å². The first-order valence-corrected chi connectivity index (χ1v) is 13.8. The van der Waals surface area contributed by atoms with Crippen molar-refractivity contribution < 1.29 is 19.9 Å². The zero-order chi connectivity index (χ0) is 25.8. The van der Waals surface area contributed by atoms with Crippen LogP contribution in [0.5, 0.6) is 0 Å². The molecule has 4 saturated carbocycles. The average molecular weight is 484 g/mol. The van der Waals surface area contributed by atoms with Gasteiger partial charge in [0.2, 0.25) is 0 Å². The van der Waals surface area contributed by atoms with Crippen LogP contribution in [0.1, 0.15) is 106 Å². The number of aliphatic carboxylic acids is 1. The summed E-state index contributed by atoms with van der Waals surface area (Å²) < 4.78 is 0. The molecular formula is C30H45NO4. The zero-order valence-electron chi connectivity index (χ0n) is 22.8. The maximum Gasteiger partial charge on any atom is 0.309 e. The third-order valence-electron chi connectivity index (χ3n) is 13.0. The van der Waals surface area contributed by atoms with E-state index in [1.165, 1.54) is 5.57 Å². The van der Waals surface area contributed by atoms with Crippen LogP contribution in [-0.2, 0) is 9.59 Å². The number of ketones is 1. The van der Waals surface area contributed by atoms with Crippen LogP contribution in [0.3, 0.4) is 0 Å². The monoisotopic (exact) mass is 483 g/mol. The Morgan fingerprint density at radius 2 is 1.63 bits per heavy atom. The van der Waals surface area contributed by atoms with Crippen molar-refractivity contribution in [2.45, 2.75) is 106 Å². The third-order valence-corrected chi connectivity index (χ3v) is 13.0. The highest BCUT2D eigenvalue weighted by Gasteiger charge is 2.70. The van der Waals surface area contributed by atoms with Crippen molar-refractivity contribution in [1.29, 1.82) is 0 Å². The molecule has 5 aliphatic carbocycles. The molecule has 35 heavy (non-hydrogen) atoms. The maximum absolute atomic E-state index is 14.3. The second-order valence-electron chi connectivity index (χ2n) is 14.8. The van der Waals surface area contributed by atoms with E-state index >= 15 is 0 Å². The Morgan fingerprint density at radius 3 is 2.26 bits per heavy atom. The fraction of sp³-hybridized carbons (Fsp3) is 0.833. The van der Waals surface area contributed by atoms with Gasteiger partial charge >= 0.3 is 5.97 Å². The number of hydrogen-bond acceptors (Lipinski definition) is 4. The van der Waals surface area contributed by atoms with E-state index in [-0.39, 0.29) is 44.7 Å². The van der Waals surface area contributed by atoms with Gasteiger partial charge in [-0.25, -0.2) is 0 Å². The highest BCUT2D eigenvalue weighted by Crippen LogP contribution is 2.74. The van der Waals surface area contributed by atoms with Crippen molar-refractivity contribution in [3.63, 3.8) is 0 Å². The molecule has 8 atom stereocenters. The maximum atomic E-state index is 14.3. The van der Waals surface area contributed by atoms with E-state index < -0.39 is 11.4 Å². The highest BCUT2D eigenvalue weighted by molar-refractivity contribution is 5.97. The molecular weight excluding hydrogens is 438 g/mol. The summed E-state index contributed by atoms with van der Waals surface area (Å²) in [5.41, 5.74) is 0.861. The summed E-state index contributed by atoms with van der Waals surface area (Å²) in [4.78, 5) is 26.5. The molecule has 0 heterocycles. The molecule has 5 nitrogen and oxygen atoms in total. The average Bonchev–Trinajstić information content (AvgIpc) is 2.76. The van der Waals surface area contributed by atoms with Crippen molar-refractivity contribution in [1.82, 2.24) is 0 Å². The smallest absolute Gasteiger partial charge is 0.309 e. The van der Waals surface area contributed by atoms with E-state index in [2.05, 4.69) is 46.7 Å². The van der Waals surface area contributed by atoms with Gasteiger partial charge in [-0.1, -0.05) is 52.3 Å². The highest BCUT2D eigenvalue weighted by atomic mass is 16.4. The standard InChI is InChI=1S/C30H45NO4/c1-25(2)21-8-11-30(7)23(28(21,5)10-9-22(25)31-35)20(32)16-18-19-17-27(4,24(33)34)13-12-26(19,3)14-15-29(18,30)6/h16,19,21,23,35H,8-15,17H2,1-7H3,(H,33,34)/b31-22-/t19-,21-,23+,26+,27?,28-,29+,30+/m0/s1. The summed E-state index contributed by atoms with van der Waals surface area (Å²) in [6.07, 6.45) is 10.1. The quantitative estimate of drug-likeness (QED) is 0.314. The molecule has 5 heteroatoms. The van der Waals surface area contributed by atoms with Crippen LogP contribution in [0.4, 0.5) is 0 Å². The molecule has 5 rings (SSSR count). The SMILES string of the molecule is CC1(C(=O)O)CC[C@]2(C)CC[C@]3(C)C(=CC(=O)[C@@H]4[C@@]5(C)CC/C(=N/O)C(C)(C)[C@@H]5CC[C@]43C)[C@@H]2C1. The number of carbonyl (C=O) groups excluding carboxylic acids is 1. The van der Waals surface area contributed by atoms with Gasteiger partial charge in [0.05, 0.1) is 11.1 Å². The van der Waals surface area contributed by atoms with Gasteiger partial charge in [0.1, 0.15) is 0 Å². The van der Waals surface area contributed by atoms with Crippen LogP contribution in [0.15, 0.2) is 16.8 Å². The summed E-state index contributed by atoms with van der Waals surface area (Å²) in [6.45, 7) is 15.8. The van der Waals surface area contributed by atoms with Crippen molar-refractivity contribution >= 4 is 17.5 Å². The Kier molecular flexibility index (Phi) is 5.16. The molecule has 0 bridgehead atoms. The van der Waals surface area contributed by atoms with Gasteiger partial charge in [-0.15, -0.1) is 0 Å². The minimum atomic E-state index is -0.721. The first-order valence-electron chi connectivity index (χ1n) is 13.8. The van der Waals surface area contributed by atoms with E-state index in [0.29, 0.717) is 12.3 Å². The largest absolute Gasteiger partial charge is 0.481 e. The predicted molar refractivity (Wildman–Crippen MR) is 136 cm³/mol. The fourth-order valence-electron chi connectivity index (χ4n) is 10.4. The molecule has 0 aliphatic heterocycles. The van der Waals surface area contributed by atoms with Crippen molar-refractivity contribution in [3.05, 3.63) is 11.6 Å². The first kappa shape index (κ1) is 25.0. The minimum absolute atomic E-state index is 0.0548. The van der Waals surface area contributed by atoms with E-state index in [0.717, 1.165) is 57.1 Å². The lowest BCUT2D eigenvalue weighted by Crippen LogP contribution is -2.66. The molecule has 2 N–H and O–H groups in total. The number of nitrogens with zero attached hydrogens (tertiary/aromatic N) is 1. The fourth-order valence-corrected chi connectivity index (χ4v) is 10.4. The first-order chi connectivity index (χ1) is 16.1. The van der Waals surface area contributed by atoms with Gasteiger partial charge in [0.25, 0.3) is 0 Å². The van der Waals surface area contributed by atoms with Crippen LogP contribution in [0.25, 0.3) is 0 Å². The minimum Gasteiger partial charge on any atom is -0.481 e. The Bertz CT molecular complexity index is 1040. The van der Waals surface area contributed by atoms with Crippen molar-refractivity contribution in [2.75, 3.05) is 0 Å². The van der Waals surface area contributed by atoms with E-state index in [9.17, 15) is 19.9 Å². The second kappa shape index (κ2) is 7.22. The molecule has 4 fully saturated rings. The molecule has 5 aliphatic rings. The van der Waals surface area contributed by atoms with Gasteiger partial charge in [-0.3, -0.25) is 9.59 Å². The van der Waals surface area contributed by atoms with Crippen LogP contribution in [0.2, 0.25) is 0 Å². The van der Waals surface area contributed by atoms with E-state index in [4.69, 9.17) is 0 Å². The Hall–Kier alpha value is -1.65. The number of oxime groups is 1. The molecule has 1 unspecified atom stereocenters. The normalized spacial score (nSPS) is 52.0. The molecule has 0 saturated heterocycles. The summed E-state index contributed by atoms with van der Waals surface area (Å²) >= 11 is 0. The molecule has 0 radical (unpaired) electrons. The molecule has 0 aromatic rings. The Labute approximate surface area is 210 Å². The zero-order valence-corrected chi connectivity index (χ0v) is 22.8. The lowest BCUT2D eigenvalue weighted by atomic mass is 9.33. The second-order valence-corrected chi connectivity index (χ2v) is 14.8. The molecule has 0 spiro atoms. The van der Waals surface area contributed by atoms with Gasteiger partial charge in [0.15, 0.2) is 5.78 Å². The predicted octanol–water partition coefficient (Wildman–Crippen LogP) is 6.88. The summed E-state index contributed by atoms with van der Waals surface area (Å²) in [5, 5.41) is 23.5.